The Morgan fingerprint density at radius 2 is 2.42 bits per heavy atom. The Morgan fingerprint density at radius 1 is 1.67 bits per heavy atom. The van der Waals surface area contributed by atoms with Gasteiger partial charge in [0.05, 0.1) is 7.11 Å². The van der Waals surface area contributed by atoms with Gasteiger partial charge in [0.15, 0.2) is 0 Å². The van der Waals surface area contributed by atoms with Crippen molar-refractivity contribution in [1.29, 1.82) is 0 Å². The van der Waals surface area contributed by atoms with E-state index in [1.54, 1.807) is 0 Å². The summed E-state index contributed by atoms with van der Waals surface area (Å²) >= 11 is 0. The second kappa shape index (κ2) is 4.45. The second-order valence-electron chi connectivity index (χ2n) is 3.39. The van der Waals surface area contributed by atoms with Crippen LogP contribution in [-0.2, 0) is 9.53 Å². The van der Waals surface area contributed by atoms with E-state index in [0.29, 0.717) is 12.5 Å². The molecular formula is C9H17NO2. The number of carbonyl (C=O) groups excluding carboxylic acids is 1. The number of ether oxygens (including phenoxy) is 1. The summed E-state index contributed by atoms with van der Waals surface area (Å²) in [7, 11) is 3.57. The molecule has 1 unspecified atom stereocenters. The summed E-state index contributed by atoms with van der Waals surface area (Å²) < 4.78 is 4.59. The lowest BCUT2D eigenvalue weighted by Crippen LogP contribution is -2.25. The SMILES string of the molecule is COC(=O)CCC1CCCN1C. The highest BCUT2D eigenvalue weighted by molar-refractivity contribution is 5.69. The minimum atomic E-state index is -0.0877. The lowest BCUT2D eigenvalue weighted by Gasteiger charge is -2.18. The Hall–Kier alpha value is -0.570. The number of esters is 1. The second-order valence-corrected chi connectivity index (χ2v) is 3.39. The highest BCUT2D eigenvalue weighted by atomic mass is 16.5. The standard InChI is InChI=1S/C9H17NO2/c1-10-7-3-4-8(10)5-6-9(11)12-2/h8H,3-7H2,1-2H3. The molecule has 0 aromatic heterocycles. The number of hydrogen-bond donors (Lipinski definition) is 0. The Kier molecular flexibility index (Phi) is 3.53. The van der Waals surface area contributed by atoms with Crippen molar-refractivity contribution in [3.05, 3.63) is 0 Å². The molecular weight excluding hydrogens is 154 g/mol. The molecule has 1 aliphatic rings. The molecule has 0 radical (unpaired) electrons. The molecule has 0 N–H and O–H groups in total. The average Bonchev–Trinajstić information content (AvgIpc) is 2.47. The molecule has 12 heavy (non-hydrogen) atoms. The Morgan fingerprint density at radius 3 is 2.92 bits per heavy atom. The van der Waals surface area contributed by atoms with Crippen LogP contribution in [0, 0.1) is 0 Å². The van der Waals surface area contributed by atoms with Crippen LogP contribution in [0.25, 0.3) is 0 Å². The van der Waals surface area contributed by atoms with Gasteiger partial charge < -0.3 is 9.64 Å². The van der Waals surface area contributed by atoms with E-state index in [0.717, 1.165) is 6.42 Å². The van der Waals surface area contributed by atoms with Crippen LogP contribution in [-0.4, -0.2) is 37.6 Å². The van der Waals surface area contributed by atoms with Gasteiger partial charge in [0.1, 0.15) is 0 Å². The minimum absolute atomic E-state index is 0.0877. The van der Waals surface area contributed by atoms with Crippen LogP contribution in [0.5, 0.6) is 0 Å². The molecule has 1 fully saturated rings. The van der Waals surface area contributed by atoms with E-state index in [-0.39, 0.29) is 5.97 Å². The van der Waals surface area contributed by atoms with Gasteiger partial charge in [-0.2, -0.15) is 0 Å². The van der Waals surface area contributed by atoms with Gasteiger partial charge in [-0.3, -0.25) is 4.79 Å². The fraction of sp³-hybridized carbons (Fsp3) is 0.889. The number of carbonyl (C=O) groups is 1. The van der Waals surface area contributed by atoms with Crippen LogP contribution in [0.2, 0.25) is 0 Å². The molecule has 0 saturated carbocycles. The van der Waals surface area contributed by atoms with Gasteiger partial charge in [0.25, 0.3) is 0 Å². The fourth-order valence-corrected chi connectivity index (χ4v) is 1.73. The summed E-state index contributed by atoms with van der Waals surface area (Å²) in [6.45, 7) is 1.17. The number of methoxy groups -OCH3 is 1. The summed E-state index contributed by atoms with van der Waals surface area (Å²) in [4.78, 5) is 13.2. The largest absolute Gasteiger partial charge is 0.469 e. The highest BCUT2D eigenvalue weighted by Crippen LogP contribution is 2.18. The molecule has 1 aliphatic heterocycles. The molecule has 0 spiro atoms. The predicted octanol–water partition coefficient (Wildman–Crippen LogP) is 1.03. The third-order valence-electron chi connectivity index (χ3n) is 2.58. The van der Waals surface area contributed by atoms with Gasteiger partial charge >= 0.3 is 5.97 Å². The maximum absolute atomic E-state index is 10.8. The van der Waals surface area contributed by atoms with Gasteiger partial charge in [-0.05, 0) is 32.9 Å². The monoisotopic (exact) mass is 171 g/mol. The molecule has 0 amide bonds. The van der Waals surface area contributed by atoms with E-state index in [9.17, 15) is 4.79 Å². The fourth-order valence-electron chi connectivity index (χ4n) is 1.73. The van der Waals surface area contributed by atoms with Gasteiger partial charge in [-0.1, -0.05) is 0 Å². The van der Waals surface area contributed by atoms with Crippen molar-refractivity contribution in [1.82, 2.24) is 4.90 Å². The summed E-state index contributed by atoms with van der Waals surface area (Å²) in [5, 5.41) is 0. The topological polar surface area (TPSA) is 29.5 Å². The zero-order chi connectivity index (χ0) is 8.97. The summed E-state index contributed by atoms with van der Waals surface area (Å²) in [5.74, 6) is -0.0877. The molecule has 70 valence electrons. The number of hydrogen-bond acceptors (Lipinski definition) is 3. The predicted molar refractivity (Wildman–Crippen MR) is 46.9 cm³/mol. The normalized spacial score (nSPS) is 24.3. The lowest BCUT2D eigenvalue weighted by molar-refractivity contribution is -0.140. The van der Waals surface area contributed by atoms with E-state index >= 15 is 0 Å². The van der Waals surface area contributed by atoms with E-state index in [2.05, 4.69) is 16.7 Å². The van der Waals surface area contributed by atoms with Gasteiger partial charge in [0, 0.05) is 12.5 Å². The van der Waals surface area contributed by atoms with Gasteiger partial charge in [-0.25, -0.2) is 0 Å². The maximum atomic E-state index is 10.8. The third-order valence-corrected chi connectivity index (χ3v) is 2.58. The molecule has 0 bridgehead atoms. The van der Waals surface area contributed by atoms with E-state index in [1.165, 1.54) is 26.5 Å². The number of rotatable bonds is 3. The zero-order valence-electron chi connectivity index (χ0n) is 7.88. The molecule has 3 heteroatoms. The summed E-state index contributed by atoms with van der Waals surface area (Å²) in [6, 6.07) is 0.601. The Labute approximate surface area is 73.7 Å². The molecule has 0 aromatic rings. The molecule has 1 saturated heterocycles. The van der Waals surface area contributed by atoms with Crippen LogP contribution < -0.4 is 0 Å². The Balaban J connectivity index is 2.18. The number of likely N-dealkylation sites (tertiary alicyclic amines) is 1. The minimum Gasteiger partial charge on any atom is -0.469 e. The first-order valence-electron chi connectivity index (χ1n) is 4.51. The van der Waals surface area contributed by atoms with Crippen molar-refractivity contribution < 1.29 is 9.53 Å². The first-order chi connectivity index (χ1) is 5.74. The van der Waals surface area contributed by atoms with Crippen LogP contribution in [0.1, 0.15) is 25.7 Å². The quantitative estimate of drug-likeness (QED) is 0.594. The summed E-state index contributed by atoms with van der Waals surface area (Å²) in [6.07, 6.45) is 4.00. The van der Waals surface area contributed by atoms with Crippen LogP contribution in [0.15, 0.2) is 0 Å². The van der Waals surface area contributed by atoms with E-state index in [1.807, 2.05) is 0 Å². The highest BCUT2D eigenvalue weighted by Gasteiger charge is 2.21. The zero-order valence-corrected chi connectivity index (χ0v) is 7.88. The third kappa shape index (κ3) is 2.48. The average molecular weight is 171 g/mol. The number of nitrogens with zero attached hydrogens (tertiary/aromatic N) is 1. The maximum Gasteiger partial charge on any atom is 0.305 e. The molecule has 1 atom stereocenters. The van der Waals surface area contributed by atoms with Gasteiger partial charge in [0.2, 0.25) is 0 Å². The Bertz CT molecular complexity index is 159. The van der Waals surface area contributed by atoms with Crippen molar-refractivity contribution in [3.8, 4) is 0 Å². The van der Waals surface area contributed by atoms with Crippen molar-refractivity contribution in [3.63, 3.8) is 0 Å². The molecule has 1 rings (SSSR count). The van der Waals surface area contributed by atoms with Crippen molar-refractivity contribution >= 4 is 5.97 Å². The molecule has 3 nitrogen and oxygen atoms in total. The summed E-state index contributed by atoms with van der Waals surface area (Å²) in [5.41, 5.74) is 0. The lowest BCUT2D eigenvalue weighted by atomic mass is 10.1. The van der Waals surface area contributed by atoms with Crippen molar-refractivity contribution in [2.45, 2.75) is 31.7 Å². The molecule has 1 heterocycles. The van der Waals surface area contributed by atoms with E-state index in [4.69, 9.17) is 0 Å². The van der Waals surface area contributed by atoms with Crippen molar-refractivity contribution in [2.75, 3.05) is 20.7 Å². The first-order valence-corrected chi connectivity index (χ1v) is 4.51. The van der Waals surface area contributed by atoms with Crippen LogP contribution >= 0.6 is 0 Å². The smallest absolute Gasteiger partial charge is 0.305 e. The van der Waals surface area contributed by atoms with Crippen LogP contribution in [0.3, 0.4) is 0 Å². The van der Waals surface area contributed by atoms with Crippen molar-refractivity contribution in [2.24, 2.45) is 0 Å². The van der Waals surface area contributed by atoms with E-state index < -0.39 is 0 Å². The first kappa shape index (κ1) is 9.52. The van der Waals surface area contributed by atoms with Crippen LogP contribution in [0.4, 0.5) is 0 Å². The molecule has 0 aliphatic carbocycles. The molecule has 0 aromatic carbocycles. The van der Waals surface area contributed by atoms with Gasteiger partial charge in [-0.15, -0.1) is 0 Å².